The molecule has 1 aromatic carbocycles. The zero-order valence-corrected chi connectivity index (χ0v) is 10.9. The molecule has 0 atom stereocenters. The molecule has 2 rings (SSSR count). The summed E-state index contributed by atoms with van der Waals surface area (Å²) in [5.74, 6) is 0.303. The van der Waals surface area contributed by atoms with Gasteiger partial charge in [0.15, 0.2) is 11.5 Å². The van der Waals surface area contributed by atoms with Gasteiger partial charge in [-0.2, -0.15) is 0 Å². The number of hydrogen-bond acceptors (Lipinski definition) is 5. The Balaban J connectivity index is 2.47. The maximum atomic E-state index is 11.6. The third-order valence-corrected chi connectivity index (χ3v) is 2.45. The molecule has 0 amide bonds. The number of methoxy groups -OCH3 is 1. The van der Waals surface area contributed by atoms with Crippen molar-refractivity contribution >= 4 is 5.97 Å². The van der Waals surface area contributed by atoms with Crippen LogP contribution in [0.15, 0.2) is 12.1 Å². The number of benzene rings is 1. The molecule has 5 heteroatoms. The van der Waals surface area contributed by atoms with Gasteiger partial charge in [-0.3, -0.25) is 0 Å². The van der Waals surface area contributed by atoms with E-state index >= 15 is 0 Å². The van der Waals surface area contributed by atoms with Crippen LogP contribution in [-0.2, 0) is 4.74 Å². The Bertz CT molecular complexity index is 479. The van der Waals surface area contributed by atoms with Crippen LogP contribution in [0.2, 0.25) is 0 Å². The number of fused-ring (bicyclic) bond motifs is 1. The Morgan fingerprint density at radius 2 is 2.06 bits per heavy atom. The lowest BCUT2D eigenvalue weighted by atomic mass is 10.2. The zero-order valence-electron chi connectivity index (χ0n) is 10.9. The lowest BCUT2D eigenvalue weighted by Crippen LogP contribution is -2.29. The molecule has 0 aromatic heterocycles. The van der Waals surface area contributed by atoms with Gasteiger partial charge in [0, 0.05) is 13.8 Å². The summed E-state index contributed by atoms with van der Waals surface area (Å²) < 4.78 is 21.4. The molecule has 0 fully saturated rings. The van der Waals surface area contributed by atoms with Crippen molar-refractivity contribution in [3.05, 3.63) is 17.7 Å². The molecule has 1 heterocycles. The number of rotatable bonds is 3. The van der Waals surface area contributed by atoms with Crippen LogP contribution >= 0.6 is 0 Å². The van der Waals surface area contributed by atoms with Gasteiger partial charge in [-0.1, -0.05) is 0 Å². The van der Waals surface area contributed by atoms with Gasteiger partial charge in [-0.15, -0.1) is 0 Å². The van der Waals surface area contributed by atoms with E-state index in [1.54, 1.807) is 26.0 Å². The van der Waals surface area contributed by atoms with Crippen LogP contribution in [-0.4, -0.2) is 25.5 Å². The zero-order chi connectivity index (χ0) is 13.3. The summed E-state index contributed by atoms with van der Waals surface area (Å²) in [4.78, 5) is 11.6. The molecule has 5 nitrogen and oxygen atoms in total. The molecule has 0 unspecified atom stereocenters. The third kappa shape index (κ3) is 2.20. The highest BCUT2D eigenvalue weighted by Crippen LogP contribution is 2.46. The molecule has 0 bridgehead atoms. The van der Waals surface area contributed by atoms with E-state index in [4.69, 9.17) is 18.9 Å². The van der Waals surface area contributed by atoms with Gasteiger partial charge in [0.2, 0.25) is 11.5 Å². The molecule has 1 aromatic rings. The van der Waals surface area contributed by atoms with Gasteiger partial charge < -0.3 is 18.9 Å². The Morgan fingerprint density at radius 3 is 2.67 bits per heavy atom. The van der Waals surface area contributed by atoms with Crippen LogP contribution in [0.5, 0.6) is 17.2 Å². The normalized spacial score (nSPS) is 15.3. The monoisotopic (exact) mass is 252 g/mol. The molecular formula is C13H16O5. The lowest BCUT2D eigenvalue weighted by molar-refractivity contribution is -0.0441. The van der Waals surface area contributed by atoms with Crippen molar-refractivity contribution in [2.75, 3.05) is 13.7 Å². The Morgan fingerprint density at radius 1 is 1.33 bits per heavy atom. The average Bonchev–Trinajstić information content (AvgIpc) is 2.62. The highest BCUT2D eigenvalue weighted by Gasteiger charge is 2.35. The van der Waals surface area contributed by atoms with Crippen molar-refractivity contribution < 1.29 is 23.7 Å². The summed E-state index contributed by atoms with van der Waals surface area (Å²) in [7, 11) is 1.33. The summed E-state index contributed by atoms with van der Waals surface area (Å²) in [6.07, 6.45) is 0. The van der Waals surface area contributed by atoms with Gasteiger partial charge in [0.05, 0.1) is 19.3 Å². The third-order valence-electron chi connectivity index (χ3n) is 2.45. The number of carbonyl (C=O) groups is 1. The first-order chi connectivity index (χ1) is 8.46. The first-order valence-corrected chi connectivity index (χ1v) is 5.74. The van der Waals surface area contributed by atoms with Crippen LogP contribution in [0.25, 0.3) is 0 Å². The molecule has 98 valence electrons. The van der Waals surface area contributed by atoms with Crippen molar-refractivity contribution in [2.24, 2.45) is 0 Å². The number of hydrogen-bond donors (Lipinski definition) is 0. The summed E-state index contributed by atoms with van der Waals surface area (Å²) >= 11 is 0. The van der Waals surface area contributed by atoms with E-state index in [-0.39, 0.29) is 0 Å². The number of esters is 1. The van der Waals surface area contributed by atoms with E-state index in [0.717, 1.165) is 0 Å². The van der Waals surface area contributed by atoms with Crippen molar-refractivity contribution in [3.63, 3.8) is 0 Å². The quantitative estimate of drug-likeness (QED) is 0.773. The minimum absolute atomic E-state index is 0.376. The molecule has 0 aliphatic carbocycles. The van der Waals surface area contributed by atoms with Gasteiger partial charge in [0.25, 0.3) is 0 Å². The first-order valence-electron chi connectivity index (χ1n) is 5.74. The molecule has 0 saturated heterocycles. The molecule has 0 saturated carbocycles. The highest BCUT2D eigenvalue weighted by atomic mass is 16.7. The summed E-state index contributed by atoms with van der Waals surface area (Å²) in [6.45, 7) is 5.92. The van der Waals surface area contributed by atoms with Crippen LogP contribution in [0.3, 0.4) is 0 Å². The van der Waals surface area contributed by atoms with E-state index in [0.29, 0.717) is 29.4 Å². The van der Waals surface area contributed by atoms with Gasteiger partial charge in [-0.25, -0.2) is 4.79 Å². The SMILES string of the molecule is CCOc1cc(C(=O)OC)cc2c1OC(C)(C)O2. The van der Waals surface area contributed by atoms with Gasteiger partial charge in [0.1, 0.15) is 0 Å². The van der Waals surface area contributed by atoms with Crippen molar-refractivity contribution in [1.29, 1.82) is 0 Å². The fraction of sp³-hybridized carbons (Fsp3) is 0.462. The predicted molar refractivity (Wildman–Crippen MR) is 64.3 cm³/mol. The topological polar surface area (TPSA) is 54.0 Å². The van der Waals surface area contributed by atoms with E-state index in [1.165, 1.54) is 7.11 Å². The Labute approximate surface area is 106 Å². The van der Waals surface area contributed by atoms with E-state index < -0.39 is 11.8 Å². The molecule has 1 aliphatic rings. The highest BCUT2D eigenvalue weighted by molar-refractivity contribution is 5.91. The van der Waals surface area contributed by atoms with Crippen LogP contribution in [0.1, 0.15) is 31.1 Å². The molecule has 1 aliphatic heterocycles. The molecule has 0 radical (unpaired) electrons. The Hall–Kier alpha value is -1.91. The van der Waals surface area contributed by atoms with E-state index in [9.17, 15) is 4.79 Å². The maximum Gasteiger partial charge on any atom is 0.338 e. The summed E-state index contributed by atoms with van der Waals surface area (Å²) in [5.41, 5.74) is 0.376. The standard InChI is InChI=1S/C13H16O5/c1-5-16-9-6-8(12(14)15-4)7-10-11(9)18-13(2,3)17-10/h6-7H,5H2,1-4H3. The van der Waals surface area contributed by atoms with Crippen LogP contribution < -0.4 is 14.2 Å². The molecular weight excluding hydrogens is 236 g/mol. The molecule has 0 spiro atoms. The second kappa shape index (κ2) is 4.40. The van der Waals surface area contributed by atoms with Crippen molar-refractivity contribution in [1.82, 2.24) is 0 Å². The fourth-order valence-electron chi connectivity index (χ4n) is 1.78. The summed E-state index contributed by atoms with van der Waals surface area (Å²) in [5, 5.41) is 0. The van der Waals surface area contributed by atoms with Crippen molar-refractivity contribution in [3.8, 4) is 17.2 Å². The number of ether oxygens (including phenoxy) is 4. The predicted octanol–water partition coefficient (Wildman–Crippen LogP) is 2.38. The fourth-order valence-corrected chi connectivity index (χ4v) is 1.78. The second-order valence-corrected chi connectivity index (χ2v) is 4.33. The second-order valence-electron chi connectivity index (χ2n) is 4.33. The van der Waals surface area contributed by atoms with Gasteiger partial charge in [-0.05, 0) is 19.1 Å². The minimum atomic E-state index is -0.761. The summed E-state index contributed by atoms with van der Waals surface area (Å²) in [6, 6.07) is 3.19. The van der Waals surface area contributed by atoms with Gasteiger partial charge >= 0.3 is 5.97 Å². The minimum Gasteiger partial charge on any atom is -0.490 e. The lowest BCUT2D eigenvalue weighted by Gasteiger charge is -2.16. The first kappa shape index (κ1) is 12.5. The number of carbonyl (C=O) groups excluding carboxylic acids is 1. The molecule has 18 heavy (non-hydrogen) atoms. The van der Waals surface area contributed by atoms with Crippen LogP contribution in [0.4, 0.5) is 0 Å². The smallest absolute Gasteiger partial charge is 0.338 e. The maximum absolute atomic E-state index is 11.6. The van der Waals surface area contributed by atoms with Crippen LogP contribution in [0, 0.1) is 0 Å². The average molecular weight is 252 g/mol. The van der Waals surface area contributed by atoms with E-state index in [2.05, 4.69) is 0 Å². The van der Waals surface area contributed by atoms with E-state index in [1.807, 2.05) is 6.92 Å². The molecule has 0 N–H and O–H groups in total. The Kier molecular flexibility index (Phi) is 3.07. The van der Waals surface area contributed by atoms with Crippen molar-refractivity contribution in [2.45, 2.75) is 26.6 Å². The largest absolute Gasteiger partial charge is 0.490 e.